The second kappa shape index (κ2) is 12.2. The van der Waals surface area contributed by atoms with E-state index in [4.69, 9.17) is 4.74 Å². The highest BCUT2D eigenvalue weighted by Crippen LogP contribution is 2.49. The summed E-state index contributed by atoms with van der Waals surface area (Å²) in [7, 11) is 0. The van der Waals surface area contributed by atoms with Gasteiger partial charge in [0.05, 0.1) is 12.3 Å². The monoisotopic (exact) mass is 481 g/mol. The van der Waals surface area contributed by atoms with Gasteiger partial charge in [-0.3, -0.25) is 9.59 Å². The average molecular weight is 482 g/mol. The van der Waals surface area contributed by atoms with Crippen molar-refractivity contribution >= 4 is 17.9 Å². The SMILES string of the molecule is CCCCOc1cccc2c1N(CCNC=O)C1CCN(CCCC(=O)c3ccc(F)cc3)CC21. The highest BCUT2D eigenvalue weighted by Gasteiger charge is 2.43. The van der Waals surface area contributed by atoms with Crippen molar-refractivity contribution in [3.05, 3.63) is 59.4 Å². The third kappa shape index (κ3) is 6.01. The van der Waals surface area contributed by atoms with Crippen molar-refractivity contribution in [3.8, 4) is 5.75 Å². The first kappa shape index (κ1) is 25.2. The Hall–Kier alpha value is -2.93. The Bertz CT molecular complexity index is 997. The van der Waals surface area contributed by atoms with Gasteiger partial charge in [0.2, 0.25) is 6.41 Å². The van der Waals surface area contributed by atoms with Crippen LogP contribution in [0.3, 0.4) is 0 Å². The molecular formula is C28H36FN3O3. The van der Waals surface area contributed by atoms with Crippen molar-refractivity contribution < 1.29 is 18.7 Å². The normalized spacial score (nSPS) is 19.2. The van der Waals surface area contributed by atoms with Gasteiger partial charge in [0, 0.05) is 50.1 Å². The molecule has 0 radical (unpaired) electrons. The molecule has 0 bridgehead atoms. The van der Waals surface area contributed by atoms with Crippen LogP contribution in [0, 0.1) is 5.82 Å². The predicted molar refractivity (Wildman–Crippen MR) is 136 cm³/mol. The standard InChI is InChI=1S/C28H36FN3O3/c1-2-3-18-35-27-8-4-6-23-24-19-31(15-5-7-26(34)21-9-11-22(29)12-10-21)16-13-25(24)32(28(23)27)17-14-30-20-33/h4,6,8-12,20,24-25H,2-3,5,7,13-19H2,1H3,(H,30,33). The van der Waals surface area contributed by atoms with Crippen molar-refractivity contribution in [1.82, 2.24) is 10.2 Å². The summed E-state index contributed by atoms with van der Waals surface area (Å²) >= 11 is 0. The lowest BCUT2D eigenvalue weighted by Crippen LogP contribution is -2.47. The van der Waals surface area contributed by atoms with Crippen molar-refractivity contribution in [3.63, 3.8) is 0 Å². The predicted octanol–water partition coefficient (Wildman–Crippen LogP) is 4.39. The van der Waals surface area contributed by atoms with Crippen LogP contribution in [-0.4, -0.2) is 62.5 Å². The molecule has 7 heteroatoms. The quantitative estimate of drug-likeness (QED) is 0.261. The molecule has 188 valence electrons. The molecule has 1 N–H and O–H groups in total. The molecule has 0 saturated carbocycles. The number of anilines is 1. The number of nitrogens with zero attached hydrogens (tertiary/aromatic N) is 2. The lowest BCUT2D eigenvalue weighted by molar-refractivity contribution is -0.109. The summed E-state index contributed by atoms with van der Waals surface area (Å²) in [6, 6.07) is 12.5. The van der Waals surface area contributed by atoms with E-state index in [1.807, 2.05) is 0 Å². The van der Waals surface area contributed by atoms with E-state index in [9.17, 15) is 14.0 Å². The average Bonchev–Trinajstić information content (AvgIpc) is 3.18. The fraction of sp³-hybridized carbons (Fsp3) is 0.500. The maximum atomic E-state index is 13.1. The zero-order valence-corrected chi connectivity index (χ0v) is 20.5. The molecule has 35 heavy (non-hydrogen) atoms. The summed E-state index contributed by atoms with van der Waals surface area (Å²) in [5.41, 5.74) is 3.08. The van der Waals surface area contributed by atoms with E-state index >= 15 is 0 Å². The number of carbonyl (C=O) groups is 2. The number of likely N-dealkylation sites (tertiary alicyclic amines) is 1. The summed E-state index contributed by atoms with van der Waals surface area (Å²) in [5.74, 6) is 1.05. The van der Waals surface area contributed by atoms with E-state index in [0.717, 1.165) is 64.0 Å². The van der Waals surface area contributed by atoms with Gasteiger partial charge in [-0.1, -0.05) is 25.5 Å². The number of para-hydroxylation sites is 1. The van der Waals surface area contributed by atoms with Gasteiger partial charge in [-0.05, 0) is 61.7 Å². The van der Waals surface area contributed by atoms with Gasteiger partial charge in [-0.25, -0.2) is 4.39 Å². The molecule has 4 rings (SSSR count). The molecule has 6 nitrogen and oxygen atoms in total. The number of benzene rings is 2. The Morgan fingerprint density at radius 2 is 2.00 bits per heavy atom. The number of rotatable bonds is 13. The Balaban J connectivity index is 1.41. The van der Waals surface area contributed by atoms with E-state index < -0.39 is 0 Å². The van der Waals surface area contributed by atoms with Crippen LogP contribution in [-0.2, 0) is 4.79 Å². The molecule has 2 aromatic carbocycles. The first-order valence-corrected chi connectivity index (χ1v) is 12.8. The van der Waals surface area contributed by atoms with Gasteiger partial charge >= 0.3 is 0 Å². The van der Waals surface area contributed by atoms with Crippen molar-refractivity contribution in [1.29, 1.82) is 0 Å². The molecule has 0 spiro atoms. The van der Waals surface area contributed by atoms with E-state index in [1.165, 1.54) is 23.4 Å². The van der Waals surface area contributed by atoms with Gasteiger partial charge in [0.1, 0.15) is 11.6 Å². The Labute approximate surface area is 207 Å². The fourth-order valence-corrected chi connectivity index (χ4v) is 5.41. The van der Waals surface area contributed by atoms with Gasteiger partial charge < -0.3 is 19.9 Å². The maximum Gasteiger partial charge on any atom is 0.207 e. The number of ether oxygens (including phenoxy) is 1. The Kier molecular flexibility index (Phi) is 8.74. The zero-order valence-electron chi connectivity index (χ0n) is 20.5. The van der Waals surface area contributed by atoms with Gasteiger partial charge in [-0.15, -0.1) is 0 Å². The zero-order chi connectivity index (χ0) is 24.6. The first-order chi connectivity index (χ1) is 17.1. The lowest BCUT2D eigenvalue weighted by atomic mass is 9.89. The molecule has 0 aliphatic carbocycles. The number of carbonyl (C=O) groups excluding carboxylic acids is 2. The summed E-state index contributed by atoms with van der Waals surface area (Å²) in [4.78, 5) is 28.2. The number of piperidine rings is 1. The summed E-state index contributed by atoms with van der Waals surface area (Å²) in [6.45, 7) is 7.01. The topological polar surface area (TPSA) is 61.9 Å². The molecule has 2 aromatic rings. The highest BCUT2D eigenvalue weighted by molar-refractivity contribution is 5.95. The van der Waals surface area contributed by atoms with Crippen LogP contribution in [0.4, 0.5) is 10.1 Å². The van der Waals surface area contributed by atoms with Crippen molar-refractivity contribution in [2.45, 2.75) is 51.0 Å². The van der Waals surface area contributed by atoms with Gasteiger partial charge in [-0.2, -0.15) is 0 Å². The number of hydrogen-bond acceptors (Lipinski definition) is 5. The van der Waals surface area contributed by atoms with Gasteiger partial charge in [0.15, 0.2) is 5.78 Å². The number of Topliss-reactive ketones (excluding diaryl/α,β-unsaturated/α-hetero) is 1. The molecular weight excluding hydrogens is 445 g/mol. The molecule has 0 aromatic heterocycles. The van der Waals surface area contributed by atoms with Crippen LogP contribution in [0.5, 0.6) is 5.75 Å². The molecule has 2 unspecified atom stereocenters. The van der Waals surface area contributed by atoms with E-state index in [2.05, 4.69) is 40.2 Å². The number of hydrogen-bond donors (Lipinski definition) is 1. The van der Waals surface area contributed by atoms with E-state index in [-0.39, 0.29) is 11.6 Å². The van der Waals surface area contributed by atoms with Crippen LogP contribution in [0.25, 0.3) is 0 Å². The maximum absolute atomic E-state index is 13.1. The summed E-state index contributed by atoms with van der Waals surface area (Å²) in [6.07, 6.45) is 5.15. The van der Waals surface area contributed by atoms with Crippen LogP contribution in [0.15, 0.2) is 42.5 Å². The van der Waals surface area contributed by atoms with Crippen molar-refractivity contribution in [2.75, 3.05) is 44.2 Å². The van der Waals surface area contributed by atoms with Crippen LogP contribution in [0.2, 0.25) is 0 Å². The summed E-state index contributed by atoms with van der Waals surface area (Å²) < 4.78 is 19.3. The molecule has 2 heterocycles. The molecule has 2 atom stereocenters. The lowest BCUT2D eigenvalue weighted by Gasteiger charge is -2.39. The van der Waals surface area contributed by atoms with Crippen molar-refractivity contribution in [2.24, 2.45) is 0 Å². The molecule has 2 aliphatic rings. The third-order valence-electron chi connectivity index (χ3n) is 7.16. The smallest absolute Gasteiger partial charge is 0.207 e. The second-order valence-electron chi connectivity index (χ2n) is 9.46. The Morgan fingerprint density at radius 3 is 2.77 bits per heavy atom. The first-order valence-electron chi connectivity index (χ1n) is 12.8. The second-order valence-corrected chi connectivity index (χ2v) is 9.46. The fourth-order valence-electron chi connectivity index (χ4n) is 5.41. The number of unbranched alkanes of at least 4 members (excludes halogenated alkanes) is 1. The highest BCUT2D eigenvalue weighted by atomic mass is 19.1. The van der Waals surface area contributed by atoms with E-state index in [0.29, 0.717) is 37.1 Å². The molecule has 2 aliphatic heterocycles. The van der Waals surface area contributed by atoms with Crippen LogP contribution < -0.4 is 15.0 Å². The molecule has 1 amide bonds. The molecule has 1 fully saturated rings. The number of ketones is 1. The number of fused-ring (bicyclic) bond motifs is 3. The molecule has 1 saturated heterocycles. The van der Waals surface area contributed by atoms with Crippen LogP contribution in [0.1, 0.15) is 60.9 Å². The number of halogens is 1. The minimum absolute atomic E-state index is 0.0637. The number of amides is 1. The third-order valence-corrected chi connectivity index (χ3v) is 7.16. The number of nitrogens with one attached hydrogen (secondary N) is 1. The largest absolute Gasteiger partial charge is 0.491 e. The Morgan fingerprint density at radius 1 is 1.17 bits per heavy atom. The minimum atomic E-state index is -0.323. The van der Waals surface area contributed by atoms with Crippen LogP contribution >= 0.6 is 0 Å². The minimum Gasteiger partial charge on any atom is -0.491 e. The summed E-state index contributed by atoms with van der Waals surface area (Å²) in [5, 5.41) is 2.81. The van der Waals surface area contributed by atoms with Gasteiger partial charge in [0.25, 0.3) is 0 Å². The van der Waals surface area contributed by atoms with E-state index in [1.54, 1.807) is 12.1 Å².